The number of benzene rings is 1. The number of nitrogens with one attached hydrogen (secondary N) is 1. The fraction of sp³-hybridized carbons (Fsp3) is 0. The van der Waals surface area contributed by atoms with E-state index in [1.54, 1.807) is 18.7 Å². The highest BCUT2D eigenvalue weighted by atomic mass is 15.3. The number of hydrogen-bond donors (Lipinski definition) is 2. The van der Waals surface area contributed by atoms with Crippen LogP contribution in [0.1, 0.15) is 0 Å². The first-order valence-electron chi connectivity index (χ1n) is 7.03. The van der Waals surface area contributed by atoms with Crippen LogP contribution in [-0.2, 0) is 0 Å². The van der Waals surface area contributed by atoms with Crippen molar-refractivity contribution in [1.82, 2.24) is 29.6 Å². The van der Waals surface area contributed by atoms with Crippen molar-refractivity contribution in [3.63, 3.8) is 0 Å². The summed E-state index contributed by atoms with van der Waals surface area (Å²) in [5, 5.41) is 1.13. The molecule has 0 saturated heterocycles. The lowest BCUT2D eigenvalue weighted by Crippen LogP contribution is -2.11. The highest BCUT2D eigenvalue weighted by molar-refractivity contribution is 6.01. The van der Waals surface area contributed by atoms with Crippen molar-refractivity contribution in [3.05, 3.63) is 61.4 Å². The van der Waals surface area contributed by atoms with Crippen LogP contribution in [0.4, 0.5) is 0 Å². The molecular weight excluding hydrogens is 290 g/mol. The average molecular weight is 303 g/mol. The first kappa shape index (κ1) is 13.2. The third-order valence-corrected chi connectivity index (χ3v) is 3.51. The van der Waals surface area contributed by atoms with Gasteiger partial charge in [0.25, 0.3) is 0 Å². The van der Waals surface area contributed by atoms with E-state index in [9.17, 15) is 0 Å². The molecule has 7 nitrogen and oxygen atoms in total. The van der Waals surface area contributed by atoms with Gasteiger partial charge in [0, 0.05) is 17.8 Å². The quantitative estimate of drug-likeness (QED) is 0.427. The third kappa shape index (κ3) is 2.34. The second-order valence-corrected chi connectivity index (χ2v) is 4.94. The van der Waals surface area contributed by atoms with Gasteiger partial charge in [0.2, 0.25) is 0 Å². The number of fused-ring (bicyclic) bond motifs is 4. The van der Waals surface area contributed by atoms with E-state index in [0.29, 0.717) is 5.82 Å². The lowest BCUT2D eigenvalue weighted by atomic mass is 10.2. The van der Waals surface area contributed by atoms with Crippen LogP contribution in [0.25, 0.3) is 33.5 Å². The maximum Gasteiger partial charge on any atom is 0.178 e. The van der Waals surface area contributed by atoms with Gasteiger partial charge < -0.3 is 10.8 Å². The van der Waals surface area contributed by atoms with E-state index in [4.69, 9.17) is 5.84 Å². The molecule has 5 rings (SSSR count). The highest BCUT2D eigenvalue weighted by Gasteiger charge is 2.05. The molecule has 0 unspecified atom stereocenters. The molecule has 0 bridgehead atoms. The Hall–Kier alpha value is -3.48. The molecular formula is C16H13N7. The minimum atomic E-state index is 0.711. The van der Waals surface area contributed by atoms with E-state index in [2.05, 4.69) is 24.9 Å². The second-order valence-electron chi connectivity index (χ2n) is 4.94. The molecule has 0 atom stereocenters. The zero-order valence-corrected chi connectivity index (χ0v) is 12.1. The fourth-order valence-electron chi connectivity index (χ4n) is 2.43. The molecule has 3 N–H and O–H groups in total. The Morgan fingerprint density at radius 1 is 0.913 bits per heavy atom. The number of imidazole rings is 2. The van der Waals surface area contributed by atoms with Gasteiger partial charge in [0.15, 0.2) is 5.82 Å². The molecule has 3 aromatic rings. The molecule has 0 radical (unpaired) electrons. The minimum Gasteiger partial charge on any atom is -0.345 e. The molecule has 0 aliphatic carbocycles. The van der Waals surface area contributed by atoms with Crippen molar-refractivity contribution in [2.45, 2.75) is 0 Å². The summed E-state index contributed by atoms with van der Waals surface area (Å²) >= 11 is 0. The van der Waals surface area contributed by atoms with E-state index in [1.165, 1.54) is 11.0 Å². The first-order chi connectivity index (χ1) is 11.3. The lowest BCUT2D eigenvalue weighted by Gasteiger charge is -2.00. The van der Waals surface area contributed by atoms with Crippen LogP contribution < -0.4 is 5.84 Å². The lowest BCUT2D eigenvalue weighted by molar-refractivity contribution is 0.966. The maximum atomic E-state index is 5.51. The predicted molar refractivity (Wildman–Crippen MR) is 88.2 cm³/mol. The number of aromatic amines is 1. The van der Waals surface area contributed by atoms with Crippen LogP contribution >= 0.6 is 0 Å². The topological polar surface area (TPSA) is 98.3 Å². The monoisotopic (exact) mass is 303 g/mol. The van der Waals surface area contributed by atoms with Crippen LogP contribution in [-0.4, -0.2) is 29.6 Å². The molecule has 4 heterocycles. The van der Waals surface area contributed by atoms with Gasteiger partial charge in [-0.3, -0.25) is 9.66 Å². The van der Waals surface area contributed by atoms with Crippen LogP contribution in [0.3, 0.4) is 0 Å². The Labute approximate surface area is 131 Å². The van der Waals surface area contributed by atoms with Crippen LogP contribution in [0.2, 0.25) is 0 Å². The highest BCUT2D eigenvalue weighted by Crippen LogP contribution is 2.19. The molecule has 112 valence electrons. The van der Waals surface area contributed by atoms with Crippen LogP contribution in [0.15, 0.2) is 61.4 Å². The zero-order chi connectivity index (χ0) is 15.6. The van der Waals surface area contributed by atoms with Crippen molar-refractivity contribution >= 4 is 21.9 Å². The Bertz CT molecular complexity index is 1050. The largest absolute Gasteiger partial charge is 0.345 e. The molecule has 0 amide bonds. The molecule has 23 heavy (non-hydrogen) atoms. The Morgan fingerprint density at radius 2 is 1.87 bits per heavy atom. The Morgan fingerprint density at radius 3 is 2.78 bits per heavy atom. The van der Waals surface area contributed by atoms with Gasteiger partial charge in [-0.05, 0) is 24.3 Å². The summed E-state index contributed by atoms with van der Waals surface area (Å²) in [5.41, 5.74) is 3.76. The first-order valence-corrected chi connectivity index (χ1v) is 7.03. The van der Waals surface area contributed by atoms with Crippen LogP contribution in [0, 0.1) is 0 Å². The number of nitrogen functional groups attached to an aromatic ring is 1. The van der Waals surface area contributed by atoms with E-state index >= 15 is 0 Å². The number of H-pyrrole nitrogens is 1. The number of aromatic nitrogens is 6. The molecule has 0 spiro atoms. The smallest absolute Gasteiger partial charge is 0.178 e. The second kappa shape index (κ2) is 5.38. The summed E-state index contributed by atoms with van der Waals surface area (Å²) in [7, 11) is 0. The number of pyridine rings is 2. The van der Waals surface area contributed by atoms with Gasteiger partial charge in [0.1, 0.15) is 17.5 Å². The molecule has 2 aromatic heterocycles. The van der Waals surface area contributed by atoms with Crippen molar-refractivity contribution in [2.75, 3.05) is 5.84 Å². The van der Waals surface area contributed by atoms with Gasteiger partial charge in [-0.2, -0.15) is 0 Å². The Balaban J connectivity index is 0.000000122. The normalized spacial score (nSPS) is 10.8. The molecule has 7 heteroatoms. The van der Waals surface area contributed by atoms with Crippen molar-refractivity contribution in [1.29, 1.82) is 0 Å². The number of rotatable bonds is 0. The third-order valence-electron chi connectivity index (χ3n) is 3.51. The average Bonchev–Trinajstić information content (AvgIpc) is 3.25. The fourth-order valence-corrected chi connectivity index (χ4v) is 2.43. The number of hydrogen-bond acceptors (Lipinski definition) is 5. The molecule has 2 aliphatic rings. The SMILES string of the molecule is Nn1cccc2ncnc1-2.c1cnc2c(c1)ccc1[nH]cnc12. The van der Waals surface area contributed by atoms with Crippen molar-refractivity contribution < 1.29 is 0 Å². The van der Waals surface area contributed by atoms with Gasteiger partial charge in [0.05, 0.1) is 17.4 Å². The summed E-state index contributed by atoms with van der Waals surface area (Å²) in [4.78, 5) is 19.5. The van der Waals surface area contributed by atoms with E-state index < -0.39 is 0 Å². The summed E-state index contributed by atoms with van der Waals surface area (Å²) < 4.78 is 1.45. The number of nitrogens with zero attached hydrogens (tertiary/aromatic N) is 5. The predicted octanol–water partition coefficient (Wildman–Crippen LogP) is 2.21. The van der Waals surface area contributed by atoms with Gasteiger partial charge in [-0.15, -0.1) is 0 Å². The summed E-state index contributed by atoms with van der Waals surface area (Å²) in [6.07, 6.45) is 6.71. The Kier molecular flexibility index (Phi) is 3.09. The zero-order valence-electron chi connectivity index (χ0n) is 12.1. The van der Waals surface area contributed by atoms with Crippen LogP contribution in [0.5, 0.6) is 0 Å². The van der Waals surface area contributed by atoms with Crippen molar-refractivity contribution in [2.24, 2.45) is 0 Å². The van der Waals surface area contributed by atoms with Gasteiger partial charge in [-0.25, -0.2) is 15.0 Å². The maximum absolute atomic E-state index is 5.51. The molecule has 0 saturated carbocycles. The summed E-state index contributed by atoms with van der Waals surface area (Å²) in [6, 6.07) is 11.7. The van der Waals surface area contributed by atoms with Gasteiger partial charge >= 0.3 is 0 Å². The van der Waals surface area contributed by atoms with E-state index in [-0.39, 0.29) is 0 Å². The standard InChI is InChI=1S/C10H7N3.C6H6N4/c1-2-7-3-4-8-10(13-6-12-8)9(7)11-5-1;7-10-3-1-2-5-6(10)9-4-8-5/h1-6H,(H,12,13);1-4H,7H2. The summed E-state index contributed by atoms with van der Waals surface area (Å²) in [5.74, 6) is 6.23. The minimum absolute atomic E-state index is 0.711. The molecule has 2 aliphatic heterocycles. The molecule has 1 aromatic carbocycles. The van der Waals surface area contributed by atoms with E-state index in [0.717, 1.165) is 27.6 Å². The molecule has 0 fully saturated rings. The van der Waals surface area contributed by atoms with Gasteiger partial charge in [-0.1, -0.05) is 12.1 Å². The van der Waals surface area contributed by atoms with E-state index in [1.807, 2.05) is 36.4 Å². The summed E-state index contributed by atoms with van der Waals surface area (Å²) in [6.45, 7) is 0. The number of nitrogens with two attached hydrogens (primary N) is 1. The van der Waals surface area contributed by atoms with Crippen molar-refractivity contribution in [3.8, 4) is 11.5 Å².